The van der Waals surface area contributed by atoms with Gasteiger partial charge in [0.05, 0.1) is 6.33 Å². The van der Waals surface area contributed by atoms with Crippen molar-refractivity contribution in [2.75, 3.05) is 12.9 Å². The Morgan fingerprint density at radius 3 is 3.00 bits per heavy atom. The zero-order valence-electron chi connectivity index (χ0n) is 13.3. The molecule has 0 saturated carbocycles. The van der Waals surface area contributed by atoms with Gasteiger partial charge in [-0.25, -0.2) is 9.97 Å². The molecule has 0 aliphatic carbocycles. The van der Waals surface area contributed by atoms with Crippen LogP contribution in [0.4, 0.5) is 0 Å². The molecular weight excluding hydrogens is 344 g/mol. The standard InChI is InChI=1S/C17H17ClN4OS/c1-24-12-6-4-5-11(9-12)14-15-16(21-17(18)20-14)22(10-19-15)13-7-2-3-8-23-13/h4-6,9-10,13H,2-3,7-8H2,1H3. The maximum absolute atomic E-state index is 6.21. The molecule has 0 bridgehead atoms. The van der Waals surface area contributed by atoms with Crippen molar-refractivity contribution >= 4 is 34.5 Å². The summed E-state index contributed by atoms with van der Waals surface area (Å²) in [5.41, 5.74) is 3.24. The van der Waals surface area contributed by atoms with Crippen LogP contribution in [0, 0.1) is 0 Å². The van der Waals surface area contributed by atoms with Crippen molar-refractivity contribution in [1.82, 2.24) is 19.5 Å². The molecule has 7 heteroatoms. The van der Waals surface area contributed by atoms with E-state index < -0.39 is 0 Å². The first kappa shape index (κ1) is 15.9. The first-order chi connectivity index (χ1) is 11.8. The number of rotatable bonds is 3. The molecule has 124 valence electrons. The van der Waals surface area contributed by atoms with Crippen molar-refractivity contribution in [3.63, 3.8) is 0 Å². The van der Waals surface area contributed by atoms with E-state index in [2.05, 4.69) is 33.3 Å². The topological polar surface area (TPSA) is 52.8 Å². The number of benzene rings is 1. The molecule has 0 amide bonds. The molecule has 0 N–H and O–H groups in total. The summed E-state index contributed by atoms with van der Waals surface area (Å²) >= 11 is 7.90. The van der Waals surface area contributed by atoms with E-state index >= 15 is 0 Å². The van der Waals surface area contributed by atoms with Gasteiger partial charge in [-0.2, -0.15) is 4.98 Å². The average molecular weight is 361 g/mol. The van der Waals surface area contributed by atoms with Gasteiger partial charge in [0.25, 0.3) is 0 Å². The van der Waals surface area contributed by atoms with Crippen molar-refractivity contribution < 1.29 is 4.74 Å². The SMILES string of the molecule is CSc1cccc(-c2nc(Cl)nc3c2ncn3C2CCCCO2)c1. The van der Waals surface area contributed by atoms with Gasteiger partial charge in [0.2, 0.25) is 5.28 Å². The summed E-state index contributed by atoms with van der Waals surface area (Å²) in [6.07, 6.45) is 7.02. The lowest BCUT2D eigenvalue weighted by molar-refractivity contribution is -0.0298. The zero-order chi connectivity index (χ0) is 16.5. The molecular formula is C17H17ClN4OS. The number of halogens is 1. The Balaban J connectivity index is 1.85. The molecule has 1 aromatic carbocycles. The summed E-state index contributed by atoms with van der Waals surface area (Å²) in [6, 6.07) is 8.21. The Kier molecular flexibility index (Phi) is 4.43. The van der Waals surface area contributed by atoms with E-state index in [4.69, 9.17) is 16.3 Å². The summed E-state index contributed by atoms with van der Waals surface area (Å²) in [4.78, 5) is 14.6. The highest BCUT2D eigenvalue weighted by molar-refractivity contribution is 7.98. The fourth-order valence-corrected chi connectivity index (χ4v) is 3.64. The van der Waals surface area contributed by atoms with Gasteiger partial charge in [0.1, 0.15) is 17.4 Å². The molecule has 4 rings (SSSR count). The fraction of sp³-hybridized carbons (Fsp3) is 0.353. The first-order valence-corrected chi connectivity index (χ1v) is 9.52. The van der Waals surface area contributed by atoms with Crippen molar-refractivity contribution in [1.29, 1.82) is 0 Å². The van der Waals surface area contributed by atoms with E-state index in [-0.39, 0.29) is 11.5 Å². The van der Waals surface area contributed by atoms with Crippen LogP contribution >= 0.6 is 23.4 Å². The number of hydrogen-bond acceptors (Lipinski definition) is 5. The van der Waals surface area contributed by atoms with Crippen LogP contribution in [0.3, 0.4) is 0 Å². The van der Waals surface area contributed by atoms with Gasteiger partial charge < -0.3 is 4.74 Å². The molecule has 1 aliphatic heterocycles. The highest BCUT2D eigenvalue weighted by Gasteiger charge is 2.21. The van der Waals surface area contributed by atoms with Crippen LogP contribution in [0.25, 0.3) is 22.4 Å². The van der Waals surface area contributed by atoms with Gasteiger partial charge in [-0.3, -0.25) is 4.57 Å². The fourth-order valence-electron chi connectivity index (χ4n) is 3.02. The molecule has 1 fully saturated rings. The van der Waals surface area contributed by atoms with Gasteiger partial charge in [0.15, 0.2) is 5.65 Å². The molecule has 1 saturated heterocycles. The maximum atomic E-state index is 6.21. The predicted molar refractivity (Wildman–Crippen MR) is 96.4 cm³/mol. The van der Waals surface area contributed by atoms with Crippen molar-refractivity contribution in [3.8, 4) is 11.3 Å². The molecule has 0 radical (unpaired) electrons. The van der Waals surface area contributed by atoms with Crippen LogP contribution in [0.5, 0.6) is 0 Å². The van der Waals surface area contributed by atoms with E-state index in [1.165, 1.54) is 4.90 Å². The van der Waals surface area contributed by atoms with E-state index in [0.29, 0.717) is 0 Å². The van der Waals surface area contributed by atoms with Gasteiger partial charge in [-0.1, -0.05) is 12.1 Å². The Morgan fingerprint density at radius 2 is 2.21 bits per heavy atom. The lowest BCUT2D eigenvalue weighted by Crippen LogP contribution is -2.17. The lowest BCUT2D eigenvalue weighted by atomic mass is 10.1. The zero-order valence-corrected chi connectivity index (χ0v) is 14.8. The second-order valence-electron chi connectivity index (χ2n) is 5.72. The van der Waals surface area contributed by atoms with Crippen molar-refractivity contribution in [2.24, 2.45) is 0 Å². The number of thioether (sulfide) groups is 1. The summed E-state index contributed by atoms with van der Waals surface area (Å²) in [7, 11) is 0. The van der Waals surface area contributed by atoms with Crippen LogP contribution in [-0.2, 0) is 4.74 Å². The second kappa shape index (κ2) is 6.70. The Hall–Kier alpha value is -1.63. The molecule has 0 spiro atoms. The molecule has 1 aliphatic rings. The minimum absolute atomic E-state index is 0.0277. The van der Waals surface area contributed by atoms with Gasteiger partial charge in [-0.15, -0.1) is 11.8 Å². The smallest absolute Gasteiger partial charge is 0.225 e. The summed E-state index contributed by atoms with van der Waals surface area (Å²) in [6.45, 7) is 0.770. The average Bonchev–Trinajstić information content (AvgIpc) is 3.05. The molecule has 2 aromatic heterocycles. The highest BCUT2D eigenvalue weighted by atomic mass is 35.5. The Labute approximate surface area is 149 Å². The van der Waals surface area contributed by atoms with Crippen LogP contribution in [0.1, 0.15) is 25.5 Å². The monoisotopic (exact) mass is 360 g/mol. The van der Waals surface area contributed by atoms with Crippen LogP contribution in [0.15, 0.2) is 35.5 Å². The minimum Gasteiger partial charge on any atom is -0.358 e. The Morgan fingerprint density at radius 1 is 1.29 bits per heavy atom. The molecule has 1 atom stereocenters. The van der Waals surface area contributed by atoms with Gasteiger partial charge >= 0.3 is 0 Å². The third kappa shape index (κ3) is 2.90. The first-order valence-electron chi connectivity index (χ1n) is 7.92. The molecule has 3 aromatic rings. The number of nitrogens with zero attached hydrogens (tertiary/aromatic N) is 4. The van der Waals surface area contributed by atoms with Crippen LogP contribution < -0.4 is 0 Å². The normalized spacial score (nSPS) is 18.2. The number of ether oxygens (including phenoxy) is 1. The predicted octanol–water partition coefficient (Wildman–Crippen LogP) is 4.57. The molecule has 1 unspecified atom stereocenters. The minimum atomic E-state index is -0.0277. The van der Waals surface area contributed by atoms with Crippen molar-refractivity contribution in [2.45, 2.75) is 30.4 Å². The van der Waals surface area contributed by atoms with Gasteiger partial charge in [0, 0.05) is 17.1 Å². The van der Waals surface area contributed by atoms with Crippen LogP contribution in [0.2, 0.25) is 5.28 Å². The number of aromatic nitrogens is 4. The Bertz CT molecular complexity index is 876. The summed E-state index contributed by atoms with van der Waals surface area (Å²) in [5, 5.41) is 0.226. The lowest BCUT2D eigenvalue weighted by Gasteiger charge is -2.23. The van der Waals surface area contributed by atoms with Crippen LogP contribution in [-0.4, -0.2) is 32.4 Å². The number of fused-ring (bicyclic) bond motifs is 1. The third-order valence-electron chi connectivity index (χ3n) is 4.20. The van der Waals surface area contributed by atoms with E-state index in [9.17, 15) is 0 Å². The largest absolute Gasteiger partial charge is 0.358 e. The third-order valence-corrected chi connectivity index (χ3v) is 5.10. The summed E-state index contributed by atoms with van der Waals surface area (Å²) in [5.74, 6) is 0. The van der Waals surface area contributed by atoms with E-state index in [1.54, 1.807) is 18.1 Å². The molecule has 3 heterocycles. The second-order valence-corrected chi connectivity index (χ2v) is 6.94. The highest BCUT2D eigenvalue weighted by Crippen LogP contribution is 2.32. The molecule has 24 heavy (non-hydrogen) atoms. The summed E-state index contributed by atoms with van der Waals surface area (Å²) < 4.78 is 7.84. The quantitative estimate of drug-likeness (QED) is 0.506. The molecule has 5 nitrogen and oxygen atoms in total. The van der Waals surface area contributed by atoms with E-state index in [1.807, 2.05) is 16.7 Å². The number of hydrogen-bond donors (Lipinski definition) is 0. The van der Waals surface area contributed by atoms with Gasteiger partial charge in [-0.05, 0) is 49.3 Å². The maximum Gasteiger partial charge on any atom is 0.225 e. The van der Waals surface area contributed by atoms with E-state index in [0.717, 1.165) is 48.3 Å². The number of imidazole rings is 1. The van der Waals surface area contributed by atoms with Crippen molar-refractivity contribution in [3.05, 3.63) is 35.9 Å².